The highest BCUT2D eigenvalue weighted by Gasteiger charge is 2.21. The zero-order valence-electron chi connectivity index (χ0n) is 13.5. The maximum absolute atomic E-state index is 12.8. The third-order valence-corrected chi connectivity index (χ3v) is 3.59. The molecule has 1 aliphatic rings. The lowest BCUT2D eigenvalue weighted by molar-refractivity contribution is -0.128. The molecule has 0 saturated carbocycles. The van der Waals surface area contributed by atoms with Crippen molar-refractivity contribution in [2.45, 2.75) is 13.8 Å². The maximum atomic E-state index is 12.8. The summed E-state index contributed by atoms with van der Waals surface area (Å²) < 4.78 is 12.8. The zero-order chi connectivity index (χ0) is 16.8. The van der Waals surface area contributed by atoms with Crippen LogP contribution in [0.25, 0.3) is 0 Å². The second-order valence-corrected chi connectivity index (χ2v) is 5.88. The zero-order valence-corrected chi connectivity index (χ0v) is 13.5. The molecule has 1 N–H and O–H groups in total. The molecular weight excluding hydrogens is 297 g/mol. The van der Waals surface area contributed by atoms with E-state index in [-0.39, 0.29) is 24.2 Å². The molecule has 124 valence electrons. The van der Waals surface area contributed by atoms with E-state index < -0.39 is 0 Å². The van der Waals surface area contributed by atoms with Gasteiger partial charge < -0.3 is 10.2 Å². The minimum atomic E-state index is -0.333. The lowest BCUT2D eigenvalue weighted by atomic mass is 10.2. The lowest BCUT2D eigenvalue weighted by Gasteiger charge is -2.33. The van der Waals surface area contributed by atoms with Crippen LogP contribution in [-0.4, -0.2) is 54.3 Å². The summed E-state index contributed by atoms with van der Waals surface area (Å²) in [6.45, 7) is 6.63. The molecule has 0 bridgehead atoms. The smallest absolute Gasteiger partial charge is 0.246 e. The summed E-state index contributed by atoms with van der Waals surface area (Å²) in [6, 6.07) is 5.68. The summed E-state index contributed by atoms with van der Waals surface area (Å²) in [4.78, 5) is 27.7. The summed E-state index contributed by atoms with van der Waals surface area (Å²) in [6.07, 6.45) is 1.64. The normalized spacial score (nSPS) is 15.2. The number of hydrogen-bond donors (Lipinski definition) is 1. The van der Waals surface area contributed by atoms with E-state index >= 15 is 0 Å². The first-order chi connectivity index (χ1) is 10.9. The number of nitrogens with zero attached hydrogens (tertiary/aromatic N) is 2. The fourth-order valence-corrected chi connectivity index (χ4v) is 2.40. The van der Waals surface area contributed by atoms with Gasteiger partial charge in [-0.3, -0.25) is 14.5 Å². The number of carbonyl (C=O) groups excluding carboxylic acids is 2. The number of benzene rings is 1. The van der Waals surface area contributed by atoms with Gasteiger partial charge in [-0.25, -0.2) is 4.39 Å². The van der Waals surface area contributed by atoms with E-state index in [1.54, 1.807) is 11.0 Å². The van der Waals surface area contributed by atoms with E-state index in [0.717, 1.165) is 5.57 Å². The average Bonchev–Trinajstić information content (AvgIpc) is 2.49. The molecule has 1 aromatic rings. The highest BCUT2D eigenvalue weighted by atomic mass is 19.1. The van der Waals surface area contributed by atoms with Crippen LogP contribution in [0.1, 0.15) is 13.8 Å². The van der Waals surface area contributed by atoms with Gasteiger partial charge in [-0.15, -0.1) is 0 Å². The number of piperazine rings is 1. The molecule has 2 amide bonds. The van der Waals surface area contributed by atoms with Crippen LogP contribution in [0.3, 0.4) is 0 Å². The third-order valence-electron chi connectivity index (χ3n) is 3.59. The number of rotatable bonds is 4. The van der Waals surface area contributed by atoms with Crippen molar-refractivity contribution in [2.24, 2.45) is 0 Å². The number of hydrogen-bond acceptors (Lipinski definition) is 3. The molecule has 0 aromatic heterocycles. The molecule has 6 heteroatoms. The number of allylic oxidation sites excluding steroid dienone is 1. The van der Waals surface area contributed by atoms with Crippen LogP contribution in [-0.2, 0) is 9.59 Å². The van der Waals surface area contributed by atoms with Crippen molar-refractivity contribution in [1.29, 1.82) is 0 Å². The molecule has 1 aromatic carbocycles. The predicted molar refractivity (Wildman–Crippen MR) is 87.5 cm³/mol. The van der Waals surface area contributed by atoms with Crippen molar-refractivity contribution >= 4 is 17.5 Å². The van der Waals surface area contributed by atoms with E-state index in [0.29, 0.717) is 31.9 Å². The molecule has 0 spiro atoms. The Labute approximate surface area is 135 Å². The first-order valence-corrected chi connectivity index (χ1v) is 7.65. The van der Waals surface area contributed by atoms with Gasteiger partial charge in [-0.2, -0.15) is 0 Å². The van der Waals surface area contributed by atoms with Crippen molar-refractivity contribution in [3.8, 4) is 0 Å². The molecule has 23 heavy (non-hydrogen) atoms. The number of carbonyl (C=O) groups is 2. The second-order valence-electron chi connectivity index (χ2n) is 5.88. The molecule has 0 atom stereocenters. The van der Waals surface area contributed by atoms with Gasteiger partial charge in [0.25, 0.3) is 0 Å². The molecule has 2 rings (SSSR count). The van der Waals surface area contributed by atoms with Crippen LogP contribution in [0.15, 0.2) is 35.9 Å². The third kappa shape index (κ3) is 5.49. The first kappa shape index (κ1) is 17.1. The fraction of sp³-hybridized carbons (Fsp3) is 0.412. The van der Waals surface area contributed by atoms with Crippen molar-refractivity contribution in [3.63, 3.8) is 0 Å². The minimum Gasteiger partial charge on any atom is -0.337 e. The Morgan fingerprint density at radius 1 is 1.13 bits per heavy atom. The van der Waals surface area contributed by atoms with Crippen molar-refractivity contribution in [2.75, 3.05) is 38.0 Å². The summed E-state index contributed by atoms with van der Waals surface area (Å²) in [5, 5.41) is 2.74. The van der Waals surface area contributed by atoms with Crippen molar-refractivity contribution in [3.05, 3.63) is 41.7 Å². The highest BCUT2D eigenvalue weighted by molar-refractivity contribution is 5.92. The Morgan fingerprint density at radius 3 is 2.30 bits per heavy atom. The van der Waals surface area contributed by atoms with Gasteiger partial charge in [0.2, 0.25) is 11.8 Å². The highest BCUT2D eigenvalue weighted by Crippen LogP contribution is 2.09. The Balaban J connectivity index is 1.77. The number of halogens is 1. The predicted octanol–water partition coefficient (Wildman–Crippen LogP) is 1.87. The van der Waals surface area contributed by atoms with Crippen molar-refractivity contribution in [1.82, 2.24) is 9.80 Å². The van der Waals surface area contributed by atoms with Crippen molar-refractivity contribution < 1.29 is 14.0 Å². The van der Waals surface area contributed by atoms with Crippen LogP contribution in [0.4, 0.5) is 10.1 Å². The van der Waals surface area contributed by atoms with E-state index in [4.69, 9.17) is 0 Å². The molecule has 0 radical (unpaired) electrons. The number of anilines is 1. The van der Waals surface area contributed by atoms with Gasteiger partial charge >= 0.3 is 0 Å². The van der Waals surface area contributed by atoms with Crippen LogP contribution in [0.2, 0.25) is 0 Å². The SMILES string of the molecule is CC(C)=CC(=O)N1CCN(CC(=O)Nc2ccc(F)cc2)CC1. The second kappa shape index (κ2) is 7.87. The van der Waals surface area contributed by atoms with Crippen LogP contribution in [0.5, 0.6) is 0 Å². The van der Waals surface area contributed by atoms with Gasteiger partial charge in [-0.1, -0.05) is 5.57 Å². The monoisotopic (exact) mass is 319 g/mol. The van der Waals surface area contributed by atoms with Crippen LogP contribution >= 0.6 is 0 Å². The molecule has 1 saturated heterocycles. The Morgan fingerprint density at radius 2 is 1.74 bits per heavy atom. The van der Waals surface area contributed by atoms with E-state index in [2.05, 4.69) is 5.32 Å². The van der Waals surface area contributed by atoms with Crippen LogP contribution < -0.4 is 5.32 Å². The molecule has 1 heterocycles. The fourth-order valence-electron chi connectivity index (χ4n) is 2.40. The Bertz CT molecular complexity index is 586. The van der Waals surface area contributed by atoms with Gasteiger partial charge in [-0.05, 0) is 38.1 Å². The largest absolute Gasteiger partial charge is 0.337 e. The number of nitrogens with one attached hydrogen (secondary N) is 1. The minimum absolute atomic E-state index is 0.0282. The van der Waals surface area contributed by atoms with E-state index in [1.807, 2.05) is 18.7 Å². The molecule has 1 fully saturated rings. The summed E-state index contributed by atoms with van der Waals surface area (Å²) in [7, 11) is 0. The van der Waals surface area contributed by atoms with E-state index in [1.165, 1.54) is 24.3 Å². The molecule has 1 aliphatic heterocycles. The summed E-state index contributed by atoms with van der Waals surface area (Å²) in [5.41, 5.74) is 1.56. The van der Waals surface area contributed by atoms with Crippen LogP contribution in [0, 0.1) is 5.82 Å². The Hall–Kier alpha value is -2.21. The quantitative estimate of drug-likeness (QED) is 0.862. The summed E-state index contributed by atoms with van der Waals surface area (Å²) >= 11 is 0. The van der Waals surface area contributed by atoms with E-state index in [9.17, 15) is 14.0 Å². The standard InChI is InChI=1S/C17H22FN3O2/c1-13(2)11-17(23)21-9-7-20(8-10-21)12-16(22)19-15-5-3-14(18)4-6-15/h3-6,11H,7-10,12H2,1-2H3,(H,19,22). The molecule has 0 aliphatic carbocycles. The van der Waals surface area contributed by atoms with Gasteiger partial charge in [0, 0.05) is 37.9 Å². The molecule has 5 nitrogen and oxygen atoms in total. The molecule has 0 unspecified atom stereocenters. The lowest BCUT2D eigenvalue weighted by Crippen LogP contribution is -2.50. The Kier molecular flexibility index (Phi) is 5.87. The average molecular weight is 319 g/mol. The number of amides is 2. The topological polar surface area (TPSA) is 52.7 Å². The van der Waals surface area contributed by atoms with Gasteiger partial charge in [0.05, 0.1) is 6.54 Å². The maximum Gasteiger partial charge on any atom is 0.246 e. The van der Waals surface area contributed by atoms with Gasteiger partial charge in [0.15, 0.2) is 0 Å². The van der Waals surface area contributed by atoms with Gasteiger partial charge in [0.1, 0.15) is 5.82 Å². The first-order valence-electron chi connectivity index (χ1n) is 7.65. The molecular formula is C17H22FN3O2. The summed E-state index contributed by atoms with van der Waals surface area (Å²) in [5.74, 6) is -0.443.